The predicted molar refractivity (Wildman–Crippen MR) is 84.5 cm³/mol. The predicted octanol–water partition coefficient (Wildman–Crippen LogP) is 3.95. The Morgan fingerprint density at radius 3 is 2.75 bits per heavy atom. The van der Waals surface area contributed by atoms with Crippen LogP contribution in [0.2, 0.25) is 5.02 Å². The van der Waals surface area contributed by atoms with E-state index < -0.39 is 0 Å². The number of halogens is 2. The second kappa shape index (κ2) is 6.15. The van der Waals surface area contributed by atoms with E-state index in [-0.39, 0.29) is 5.91 Å². The van der Waals surface area contributed by atoms with E-state index in [1.807, 2.05) is 0 Å². The van der Waals surface area contributed by atoms with Crippen LogP contribution in [0.3, 0.4) is 0 Å². The van der Waals surface area contributed by atoms with Crippen LogP contribution in [0.1, 0.15) is 10.4 Å². The fourth-order valence-electron chi connectivity index (χ4n) is 1.68. The Morgan fingerprint density at radius 2 is 2.05 bits per heavy atom. The number of benzene rings is 2. The zero-order valence-corrected chi connectivity index (χ0v) is 13.0. The zero-order valence-electron chi connectivity index (χ0n) is 10.6. The average Bonchev–Trinajstić information content (AvgIpc) is 2.42. The first-order valence-corrected chi connectivity index (χ1v) is 6.88. The summed E-state index contributed by atoms with van der Waals surface area (Å²) in [5.74, 6) is 0.111. The number of rotatable bonds is 3. The number of nitrogen functional groups attached to an aromatic ring is 1. The Labute approximate surface area is 130 Å². The van der Waals surface area contributed by atoms with Crippen LogP contribution in [0, 0.1) is 0 Å². The van der Waals surface area contributed by atoms with Crippen molar-refractivity contribution in [1.29, 1.82) is 0 Å². The Hall–Kier alpha value is -1.72. The van der Waals surface area contributed by atoms with Gasteiger partial charge >= 0.3 is 0 Å². The molecule has 0 aliphatic heterocycles. The molecule has 0 unspecified atom stereocenters. The molecule has 2 aromatic rings. The third-order valence-electron chi connectivity index (χ3n) is 2.65. The lowest BCUT2D eigenvalue weighted by molar-refractivity contribution is 0.102. The van der Waals surface area contributed by atoms with Crippen molar-refractivity contribution < 1.29 is 9.53 Å². The molecular formula is C14H12BrClN2O2. The first kappa shape index (κ1) is 14.7. The summed E-state index contributed by atoms with van der Waals surface area (Å²) in [6, 6.07) is 10.0. The maximum Gasteiger partial charge on any atom is 0.259 e. The van der Waals surface area contributed by atoms with Gasteiger partial charge in [-0.2, -0.15) is 0 Å². The van der Waals surface area contributed by atoms with Gasteiger partial charge in [0.2, 0.25) is 0 Å². The highest BCUT2D eigenvalue weighted by molar-refractivity contribution is 9.10. The topological polar surface area (TPSA) is 64.3 Å². The minimum absolute atomic E-state index is 0.301. The molecule has 2 aromatic carbocycles. The van der Waals surface area contributed by atoms with Crippen LogP contribution >= 0.6 is 27.5 Å². The number of hydrogen-bond donors (Lipinski definition) is 2. The highest BCUT2D eigenvalue weighted by Crippen LogP contribution is 2.28. The molecule has 0 fully saturated rings. The minimum Gasteiger partial charge on any atom is -0.496 e. The number of hydrogen-bond acceptors (Lipinski definition) is 3. The van der Waals surface area contributed by atoms with Crippen molar-refractivity contribution in [3.8, 4) is 5.75 Å². The van der Waals surface area contributed by atoms with Crippen LogP contribution in [0.5, 0.6) is 5.75 Å². The third-order valence-corrected chi connectivity index (χ3v) is 3.57. The molecule has 4 nitrogen and oxygen atoms in total. The van der Waals surface area contributed by atoms with Gasteiger partial charge in [0.05, 0.1) is 18.4 Å². The van der Waals surface area contributed by atoms with Gasteiger partial charge in [0.1, 0.15) is 5.75 Å². The number of carbonyl (C=O) groups excluding carboxylic acids is 1. The van der Waals surface area contributed by atoms with E-state index in [1.165, 1.54) is 7.11 Å². The zero-order chi connectivity index (χ0) is 14.7. The molecular weight excluding hydrogens is 344 g/mol. The molecule has 0 aromatic heterocycles. The fourth-order valence-corrected chi connectivity index (χ4v) is 2.19. The lowest BCUT2D eigenvalue weighted by Gasteiger charge is -2.11. The van der Waals surface area contributed by atoms with E-state index in [0.717, 1.165) is 4.47 Å². The maximum absolute atomic E-state index is 12.3. The quantitative estimate of drug-likeness (QED) is 0.820. The highest BCUT2D eigenvalue weighted by atomic mass is 79.9. The smallest absolute Gasteiger partial charge is 0.259 e. The maximum atomic E-state index is 12.3. The van der Waals surface area contributed by atoms with Crippen molar-refractivity contribution in [1.82, 2.24) is 0 Å². The standard InChI is InChI=1S/C14H12BrClN2O2/c1-20-13-6-8(16)2-4-10(13)14(19)18-12-7-9(17)3-5-11(12)15/h2-7H,17H2,1H3,(H,18,19). The van der Waals surface area contributed by atoms with E-state index in [2.05, 4.69) is 21.2 Å². The molecule has 3 N–H and O–H groups in total. The summed E-state index contributed by atoms with van der Waals surface area (Å²) < 4.78 is 5.90. The van der Waals surface area contributed by atoms with Crippen molar-refractivity contribution >= 4 is 44.8 Å². The van der Waals surface area contributed by atoms with Gasteiger partial charge in [-0.1, -0.05) is 11.6 Å². The molecule has 0 aliphatic rings. The Balaban J connectivity index is 2.30. The van der Waals surface area contributed by atoms with E-state index in [4.69, 9.17) is 22.1 Å². The largest absolute Gasteiger partial charge is 0.496 e. The summed E-state index contributed by atoms with van der Waals surface area (Å²) in [4.78, 5) is 12.3. The number of methoxy groups -OCH3 is 1. The lowest BCUT2D eigenvalue weighted by Crippen LogP contribution is -2.13. The average molecular weight is 356 g/mol. The Morgan fingerprint density at radius 1 is 1.30 bits per heavy atom. The molecule has 0 saturated heterocycles. The van der Waals surface area contributed by atoms with Crippen LogP contribution < -0.4 is 15.8 Å². The molecule has 0 spiro atoms. The second-order valence-corrected chi connectivity index (χ2v) is 5.33. The molecule has 1 amide bonds. The first-order chi connectivity index (χ1) is 9.51. The van der Waals surface area contributed by atoms with Gasteiger partial charge < -0.3 is 15.8 Å². The second-order valence-electron chi connectivity index (χ2n) is 4.04. The SMILES string of the molecule is COc1cc(Cl)ccc1C(=O)Nc1cc(N)ccc1Br. The molecule has 0 radical (unpaired) electrons. The molecule has 0 bridgehead atoms. The number of nitrogens with one attached hydrogen (secondary N) is 1. The van der Waals surface area contributed by atoms with Crippen LogP contribution in [0.4, 0.5) is 11.4 Å². The summed E-state index contributed by atoms with van der Waals surface area (Å²) in [5.41, 5.74) is 7.25. The molecule has 0 aliphatic carbocycles. The first-order valence-electron chi connectivity index (χ1n) is 5.71. The van der Waals surface area contributed by atoms with Gasteiger partial charge in [0.25, 0.3) is 5.91 Å². The lowest BCUT2D eigenvalue weighted by atomic mass is 10.1. The van der Waals surface area contributed by atoms with Gasteiger partial charge in [-0.05, 0) is 52.3 Å². The van der Waals surface area contributed by atoms with Crippen molar-refractivity contribution in [2.75, 3.05) is 18.2 Å². The van der Waals surface area contributed by atoms with Crippen molar-refractivity contribution in [3.05, 3.63) is 51.5 Å². The van der Waals surface area contributed by atoms with Crippen LogP contribution in [-0.2, 0) is 0 Å². The molecule has 20 heavy (non-hydrogen) atoms. The monoisotopic (exact) mass is 354 g/mol. The van der Waals surface area contributed by atoms with Crippen molar-refractivity contribution in [3.63, 3.8) is 0 Å². The Kier molecular flexibility index (Phi) is 4.52. The van der Waals surface area contributed by atoms with Gasteiger partial charge in [0.15, 0.2) is 0 Å². The summed E-state index contributed by atoms with van der Waals surface area (Å²) in [6.07, 6.45) is 0. The molecule has 0 atom stereocenters. The number of carbonyl (C=O) groups is 1. The minimum atomic E-state index is -0.301. The van der Waals surface area contributed by atoms with E-state index in [0.29, 0.717) is 27.7 Å². The summed E-state index contributed by atoms with van der Waals surface area (Å²) in [7, 11) is 1.48. The normalized spacial score (nSPS) is 10.2. The van der Waals surface area contributed by atoms with E-state index >= 15 is 0 Å². The van der Waals surface area contributed by atoms with Crippen LogP contribution in [0.25, 0.3) is 0 Å². The number of ether oxygens (including phenoxy) is 1. The van der Waals surface area contributed by atoms with Crippen molar-refractivity contribution in [2.24, 2.45) is 0 Å². The number of amides is 1. The molecule has 0 saturated carbocycles. The van der Waals surface area contributed by atoms with Crippen LogP contribution in [-0.4, -0.2) is 13.0 Å². The van der Waals surface area contributed by atoms with E-state index in [1.54, 1.807) is 36.4 Å². The van der Waals surface area contributed by atoms with Crippen molar-refractivity contribution in [2.45, 2.75) is 0 Å². The molecule has 0 heterocycles. The summed E-state index contributed by atoms with van der Waals surface area (Å²) in [5, 5.41) is 3.28. The fraction of sp³-hybridized carbons (Fsp3) is 0.0714. The summed E-state index contributed by atoms with van der Waals surface area (Å²) in [6.45, 7) is 0. The van der Waals surface area contributed by atoms with Crippen LogP contribution in [0.15, 0.2) is 40.9 Å². The molecule has 2 rings (SSSR count). The Bertz CT molecular complexity index is 662. The van der Waals surface area contributed by atoms with Gasteiger partial charge in [-0.25, -0.2) is 0 Å². The highest BCUT2D eigenvalue weighted by Gasteiger charge is 2.14. The summed E-state index contributed by atoms with van der Waals surface area (Å²) >= 11 is 9.23. The van der Waals surface area contributed by atoms with Gasteiger partial charge in [-0.3, -0.25) is 4.79 Å². The molecule has 6 heteroatoms. The number of nitrogens with two attached hydrogens (primary N) is 1. The molecule has 104 valence electrons. The van der Waals surface area contributed by atoms with Gasteiger partial charge in [-0.15, -0.1) is 0 Å². The van der Waals surface area contributed by atoms with Gasteiger partial charge in [0, 0.05) is 15.2 Å². The number of anilines is 2. The third kappa shape index (κ3) is 3.23. The van der Waals surface area contributed by atoms with E-state index in [9.17, 15) is 4.79 Å².